The maximum absolute atomic E-state index is 12.1. The lowest BCUT2D eigenvalue weighted by Crippen LogP contribution is -2.22. The molecule has 2 rings (SSSR count). The topological polar surface area (TPSA) is 52.1 Å². The zero-order valence-corrected chi connectivity index (χ0v) is 20.7. The van der Waals surface area contributed by atoms with E-state index in [2.05, 4.69) is 16.9 Å². The van der Waals surface area contributed by atoms with Gasteiger partial charge in [-0.2, -0.15) is 0 Å². The van der Waals surface area contributed by atoms with Crippen LogP contribution in [0, 0.1) is 5.92 Å². The first kappa shape index (κ1) is 26.3. The average Bonchev–Trinajstić information content (AvgIpc) is 2.78. The summed E-state index contributed by atoms with van der Waals surface area (Å²) in [5.74, 6) is 1.34. The molecule has 0 N–H and O–H groups in total. The third kappa shape index (κ3) is 10.1. The minimum absolute atomic E-state index is 0.343. The van der Waals surface area contributed by atoms with Gasteiger partial charge in [0.25, 0.3) is 0 Å². The van der Waals surface area contributed by atoms with Gasteiger partial charge < -0.3 is 4.74 Å². The zero-order chi connectivity index (χ0) is 23.2. The molecule has 1 aromatic heterocycles. The molecule has 1 atom stereocenters. The Morgan fingerprint density at radius 1 is 0.875 bits per heavy atom. The predicted molar refractivity (Wildman–Crippen MR) is 133 cm³/mol. The summed E-state index contributed by atoms with van der Waals surface area (Å²) in [5, 5.41) is -0.624. The van der Waals surface area contributed by atoms with E-state index in [0.717, 1.165) is 29.8 Å². The maximum Gasteiger partial charge on any atom is 0.329 e. The van der Waals surface area contributed by atoms with Crippen LogP contribution in [0.15, 0.2) is 36.7 Å². The lowest BCUT2D eigenvalue weighted by molar-refractivity contribution is -0.134. The number of nitrogens with zero attached hydrogens (tertiary/aromatic N) is 2. The fraction of sp³-hybridized carbons (Fsp3) is 0.593. The lowest BCUT2D eigenvalue weighted by Gasteiger charge is -2.11. The first-order valence-electron chi connectivity index (χ1n) is 12.3. The fourth-order valence-electron chi connectivity index (χ4n) is 3.63. The molecule has 176 valence electrons. The Labute approximate surface area is 199 Å². The van der Waals surface area contributed by atoms with Crippen molar-refractivity contribution in [1.29, 1.82) is 0 Å². The first-order chi connectivity index (χ1) is 15.5. The van der Waals surface area contributed by atoms with Gasteiger partial charge in [0, 0.05) is 24.4 Å². The minimum Gasteiger partial charge on any atom is -0.425 e. The van der Waals surface area contributed by atoms with E-state index in [1.807, 2.05) is 38.4 Å². The summed E-state index contributed by atoms with van der Waals surface area (Å²) < 4.78 is 5.38. The number of rotatable bonds is 15. The lowest BCUT2D eigenvalue weighted by atomic mass is 10.1. The molecule has 0 amide bonds. The number of aryl methyl sites for hydroxylation is 1. The SMILES string of the molecule is CCCCCCCCCCCc1ncc(-c2ccc(OC(=O)[C@@H](Cl)CC(C)C)cc2)cn1. The molecule has 0 spiro atoms. The van der Waals surface area contributed by atoms with Gasteiger partial charge in [-0.05, 0) is 36.5 Å². The molecule has 0 unspecified atom stereocenters. The smallest absolute Gasteiger partial charge is 0.329 e. The highest BCUT2D eigenvalue weighted by Crippen LogP contribution is 2.23. The Kier molecular flexibility index (Phi) is 12.3. The first-order valence-corrected chi connectivity index (χ1v) is 12.7. The highest BCUT2D eigenvalue weighted by molar-refractivity contribution is 6.30. The quantitative estimate of drug-likeness (QED) is 0.118. The Morgan fingerprint density at radius 3 is 2.00 bits per heavy atom. The van der Waals surface area contributed by atoms with Crippen LogP contribution in [0.2, 0.25) is 0 Å². The second-order valence-corrected chi connectivity index (χ2v) is 9.54. The number of hydrogen-bond acceptors (Lipinski definition) is 4. The van der Waals surface area contributed by atoms with Gasteiger partial charge in [-0.1, -0.05) is 84.3 Å². The number of benzene rings is 1. The summed E-state index contributed by atoms with van der Waals surface area (Å²) in [6, 6.07) is 7.38. The molecular formula is C27H39ClN2O2. The molecule has 0 fully saturated rings. The number of carbonyl (C=O) groups is 1. The van der Waals surface area contributed by atoms with Crippen LogP contribution in [0.3, 0.4) is 0 Å². The molecule has 0 aliphatic carbocycles. The van der Waals surface area contributed by atoms with Crippen molar-refractivity contribution in [3.05, 3.63) is 42.5 Å². The van der Waals surface area contributed by atoms with Crippen LogP contribution in [-0.4, -0.2) is 21.3 Å². The molecule has 5 heteroatoms. The van der Waals surface area contributed by atoms with Crippen molar-refractivity contribution in [3.63, 3.8) is 0 Å². The third-order valence-corrected chi connectivity index (χ3v) is 5.91. The van der Waals surface area contributed by atoms with E-state index in [1.165, 1.54) is 51.4 Å². The number of halogens is 1. The molecule has 0 radical (unpaired) electrons. The van der Waals surface area contributed by atoms with Gasteiger partial charge in [0.2, 0.25) is 0 Å². The van der Waals surface area contributed by atoms with E-state index in [4.69, 9.17) is 16.3 Å². The summed E-state index contributed by atoms with van der Waals surface area (Å²) in [6.45, 7) is 6.32. The van der Waals surface area contributed by atoms with Crippen molar-refractivity contribution in [1.82, 2.24) is 9.97 Å². The number of alkyl halides is 1. The van der Waals surface area contributed by atoms with Crippen LogP contribution >= 0.6 is 11.6 Å². The molecule has 0 aliphatic heterocycles. The molecule has 32 heavy (non-hydrogen) atoms. The van der Waals surface area contributed by atoms with Gasteiger partial charge in [0.05, 0.1) is 0 Å². The molecule has 1 heterocycles. The van der Waals surface area contributed by atoms with E-state index in [0.29, 0.717) is 18.1 Å². The molecule has 2 aromatic rings. The minimum atomic E-state index is -0.624. The highest BCUT2D eigenvalue weighted by Gasteiger charge is 2.19. The Morgan fingerprint density at radius 2 is 1.44 bits per heavy atom. The van der Waals surface area contributed by atoms with E-state index >= 15 is 0 Å². The van der Waals surface area contributed by atoms with Crippen molar-refractivity contribution in [2.24, 2.45) is 5.92 Å². The van der Waals surface area contributed by atoms with Crippen LogP contribution in [0.25, 0.3) is 11.1 Å². The second kappa shape index (κ2) is 15.0. The van der Waals surface area contributed by atoms with Crippen molar-refractivity contribution in [3.8, 4) is 16.9 Å². The molecular weight excluding hydrogens is 420 g/mol. The van der Waals surface area contributed by atoms with Crippen LogP contribution in [-0.2, 0) is 11.2 Å². The van der Waals surface area contributed by atoms with Crippen molar-refractivity contribution in [2.75, 3.05) is 0 Å². The van der Waals surface area contributed by atoms with E-state index in [9.17, 15) is 4.79 Å². The van der Waals surface area contributed by atoms with E-state index < -0.39 is 11.3 Å². The number of esters is 1. The van der Waals surface area contributed by atoms with Crippen molar-refractivity contribution in [2.45, 2.75) is 96.8 Å². The van der Waals surface area contributed by atoms with Gasteiger partial charge in [-0.25, -0.2) is 9.97 Å². The summed E-state index contributed by atoms with van der Waals surface area (Å²) >= 11 is 6.11. The molecule has 0 saturated heterocycles. The molecule has 0 saturated carbocycles. The number of hydrogen-bond donors (Lipinski definition) is 0. The Balaban J connectivity index is 1.72. The standard InChI is InChI=1S/C27H39ClN2O2/c1-4-5-6-7-8-9-10-11-12-13-26-29-19-23(20-30-26)22-14-16-24(17-15-22)32-27(31)25(28)18-21(2)3/h14-17,19-21,25H,4-13,18H2,1-3H3/t25-/m0/s1. The van der Waals surface area contributed by atoms with Crippen LogP contribution in [0.5, 0.6) is 5.75 Å². The zero-order valence-electron chi connectivity index (χ0n) is 20.0. The average molecular weight is 459 g/mol. The molecule has 4 nitrogen and oxygen atoms in total. The molecule has 0 aliphatic rings. The van der Waals surface area contributed by atoms with Crippen molar-refractivity contribution < 1.29 is 9.53 Å². The monoisotopic (exact) mass is 458 g/mol. The third-order valence-electron chi connectivity index (χ3n) is 5.55. The predicted octanol–water partition coefficient (Wildman–Crippen LogP) is 7.78. The summed E-state index contributed by atoms with van der Waals surface area (Å²) in [6.07, 6.45) is 17.1. The number of ether oxygens (including phenoxy) is 1. The van der Waals surface area contributed by atoms with Gasteiger partial charge in [-0.3, -0.25) is 4.79 Å². The van der Waals surface area contributed by atoms with Gasteiger partial charge >= 0.3 is 5.97 Å². The molecule has 1 aromatic carbocycles. The number of aromatic nitrogens is 2. The second-order valence-electron chi connectivity index (χ2n) is 9.01. The Bertz CT molecular complexity index is 775. The van der Waals surface area contributed by atoms with Crippen LogP contribution < -0.4 is 4.74 Å². The number of unbranched alkanes of at least 4 members (excludes halogenated alkanes) is 8. The van der Waals surface area contributed by atoms with Gasteiger partial charge in [0.1, 0.15) is 17.0 Å². The van der Waals surface area contributed by atoms with Gasteiger partial charge in [-0.15, -0.1) is 11.6 Å². The maximum atomic E-state index is 12.1. The highest BCUT2D eigenvalue weighted by atomic mass is 35.5. The van der Waals surface area contributed by atoms with Crippen LogP contribution in [0.1, 0.15) is 90.8 Å². The van der Waals surface area contributed by atoms with E-state index in [1.54, 1.807) is 12.1 Å². The van der Waals surface area contributed by atoms with Crippen LogP contribution in [0.4, 0.5) is 0 Å². The van der Waals surface area contributed by atoms with E-state index in [-0.39, 0.29) is 0 Å². The fourth-order valence-corrected chi connectivity index (χ4v) is 4.03. The largest absolute Gasteiger partial charge is 0.425 e. The normalized spacial score (nSPS) is 12.2. The Hall–Kier alpha value is -1.94. The summed E-state index contributed by atoms with van der Waals surface area (Å²) in [4.78, 5) is 21.1. The van der Waals surface area contributed by atoms with Gasteiger partial charge in [0.15, 0.2) is 0 Å². The molecule has 0 bridgehead atoms. The van der Waals surface area contributed by atoms with Crippen molar-refractivity contribution >= 4 is 17.6 Å². The summed E-state index contributed by atoms with van der Waals surface area (Å²) in [7, 11) is 0. The number of carbonyl (C=O) groups excluding carboxylic acids is 1. The summed E-state index contributed by atoms with van der Waals surface area (Å²) in [5.41, 5.74) is 1.94.